The van der Waals surface area contributed by atoms with Crippen molar-refractivity contribution in [3.05, 3.63) is 42.0 Å². The Morgan fingerprint density at radius 3 is 2.38 bits per heavy atom. The van der Waals surface area contributed by atoms with Gasteiger partial charge in [0.25, 0.3) is 5.91 Å². The maximum Gasteiger partial charge on any atom is 0.324 e. The number of amides is 3. The van der Waals surface area contributed by atoms with Gasteiger partial charge >= 0.3 is 5.97 Å². The molecular formula is C38H62N4O7S. The van der Waals surface area contributed by atoms with Gasteiger partial charge in [-0.1, -0.05) is 55.4 Å². The zero-order valence-electron chi connectivity index (χ0n) is 31.7. The molecule has 50 heavy (non-hydrogen) atoms. The van der Waals surface area contributed by atoms with Crippen molar-refractivity contribution in [2.45, 2.75) is 122 Å². The van der Waals surface area contributed by atoms with Crippen LogP contribution in [0.5, 0.6) is 5.75 Å². The smallest absolute Gasteiger partial charge is 0.324 e. The van der Waals surface area contributed by atoms with E-state index in [9.17, 15) is 19.2 Å². The number of hydrazine groups is 1. The Morgan fingerprint density at radius 1 is 0.980 bits per heavy atom. The van der Waals surface area contributed by atoms with Crippen LogP contribution in [0.2, 0.25) is 0 Å². The second kappa shape index (κ2) is 18.9. The SMILES string of the molecule is COC1CC/C=C/CCCCOC(=O)C2CCCN(N2)C(=O)C(Cc2cccc(OS(C)(C)C(C)(C)C)c2)NC(=O)C(C(C)C)NC(=O)C1C. The minimum Gasteiger partial charge on any atom is -0.464 e. The summed E-state index contributed by atoms with van der Waals surface area (Å²) in [5.74, 6) is -1.58. The van der Waals surface area contributed by atoms with Gasteiger partial charge in [-0.05, 0) is 102 Å². The molecule has 0 spiro atoms. The number of hydrogen-bond acceptors (Lipinski definition) is 8. The van der Waals surface area contributed by atoms with Crippen LogP contribution in [0.1, 0.15) is 92.1 Å². The summed E-state index contributed by atoms with van der Waals surface area (Å²) in [4.78, 5) is 54.7. The van der Waals surface area contributed by atoms with Crippen molar-refractivity contribution < 1.29 is 32.8 Å². The molecule has 3 rings (SSSR count). The first kappa shape index (κ1) is 41.3. The first-order valence-corrected chi connectivity index (χ1v) is 20.5. The van der Waals surface area contributed by atoms with Crippen LogP contribution in [0.4, 0.5) is 0 Å². The standard InChI is InChI=1S/C38H62N4O7S/c1-26(2)33-35(44)39-31(25-28-18-16-19-29(24-28)49-50(8,9)38(4,5)6)36(45)42-22-17-20-30(41-42)37(46)48-23-15-13-11-10-12-14-21-32(47-7)27(3)34(43)40-33/h10,12,16,18-19,24,26-27,30-33,41H,11,13-15,17,20-23,25H2,1-9H3,(H,39,44)(H,40,43)/b12-10+. The second-order valence-corrected chi connectivity index (χ2v) is 19.0. The predicted molar refractivity (Wildman–Crippen MR) is 200 cm³/mol. The molecule has 2 aliphatic heterocycles. The molecule has 3 N–H and O–H groups in total. The summed E-state index contributed by atoms with van der Waals surface area (Å²) in [6, 6.07) is 5.05. The third kappa shape index (κ3) is 12.0. The number of benzene rings is 1. The zero-order valence-corrected chi connectivity index (χ0v) is 32.5. The third-order valence-electron chi connectivity index (χ3n) is 9.78. The van der Waals surface area contributed by atoms with E-state index < -0.39 is 46.2 Å². The number of allylic oxidation sites excluding steroid dienone is 2. The molecule has 5 unspecified atom stereocenters. The maximum atomic E-state index is 14.2. The van der Waals surface area contributed by atoms with Crippen molar-refractivity contribution >= 4 is 34.0 Å². The molecule has 0 radical (unpaired) electrons. The lowest BCUT2D eigenvalue weighted by Gasteiger charge is -2.43. The third-order valence-corrected chi connectivity index (χ3v) is 13.3. The van der Waals surface area contributed by atoms with Gasteiger partial charge in [-0.3, -0.25) is 24.2 Å². The summed E-state index contributed by atoms with van der Waals surface area (Å²) in [5, 5.41) is 7.35. The van der Waals surface area contributed by atoms with E-state index in [4.69, 9.17) is 13.7 Å². The average molecular weight is 719 g/mol. The molecule has 0 aromatic heterocycles. The van der Waals surface area contributed by atoms with Crippen molar-refractivity contribution in [1.82, 2.24) is 21.1 Å². The number of hydrogen-bond donors (Lipinski definition) is 3. The number of ether oxygens (including phenoxy) is 2. The van der Waals surface area contributed by atoms with Crippen LogP contribution in [-0.2, 0) is 35.1 Å². The number of rotatable bonds is 6. The van der Waals surface area contributed by atoms with Crippen molar-refractivity contribution in [1.29, 1.82) is 0 Å². The largest absolute Gasteiger partial charge is 0.464 e. The number of esters is 1. The van der Waals surface area contributed by atoms with Gasteiger partial charge in [0, 0.05) is 24.8 Å². The van der Waals surface area contributed by atoms with Gasteiger partial charge in [0.1, 0.15) is 23.9 Å². The fourth-order valence-electron chi connectivity index (χ4n) is 5.78. The van der Waals surface area contributed by atoms with Crippen LogP contribution in [0.25, 0.3) is 0 Å². The monoisotopic (exact) mass is 718 g/mol. The van der Waals surface area contributed by atoms with Crippen LogP contribution in [-0.4, -0.2) is 90.4 Å². The molecule has 12 heteroatoms. The normalized spacial score (nSPS) is 26.9. The number of fused-ring (bicyclic) bond motifs is 2. The molecule has 5 atom stereocenters. The summed E-state index contributed by atoms with van der Waals surface area (Å²) in [7, 11) is 0.122. The lowest BCUT2D eigenvalue weighted by molar-refractivity contribution is -0.153. The Kier molecular flexibility index (Phi) is 15.7. The number of nitrogens with zero attached hydrogens (tertiary/aromatic N) is 1. The molecule has 1 aromatic rings. The maximum absolute atomic E-state index is 14.2. The average Bonchev–Trinajstić information content (AvgIpc) is 3.05. The van der Waals surface area contributed by atoms with E-state index >= 15 is 0 Å². The molecule has 282 valence electrons. The van der Waals surface area contributed by atoms with E-state index in [1.165, 1.54) is 5.01 Å². The minimum absolute atomic E-state index is 0.0588. The number of methoxy groups -OCH3 is 1. The van der Waals surface area contributed by atoms with Gasteiger partial charge in [0.15, 0.2) is 0 Å². The topological polar surface area (TPSA) is 135 Å². The van der Waals surface area contributed by atoms with Crippen molar-refractivity contribution in [3.63, 3.8) is 0 Å². The van der Waals surface area contributed by atoms with Gasteiger partial charge in [-0.25, -0.2) is 5.43 Å². The zero-order chi connectivity index (χ0) is 37.1. The second-order valence-electron chi connectivity index (χ2n) is 15.2. The molecule has 11 nitrogen and oxygen atoms in total. The molecule has 0 saturated carbocycles. The highest BCUT2D eigenvalue weighted by Crippen LogP contribution is 2.53. The van der Waals surface area contributed by atoms with Crippen molar-refractivity contribution in [2.75, 3.05) is 32.8 Å². The van der Waals surface area contributed by atoms with Gasteiger partial charge in [0.2, 0.25) is 11.8 Å². The highest BCUT2D eigenvalue weighted by molar-refractivity contribution is 8.30. The minimum atomic E-state index is -1.47. The fraction of sp³-hybridized carbons (Fsp3) is 0.684. The van der Waals surface area contributed by atoms with Crippen LogP contribution < -0.4 is 20.2 Å². The summed E-state index contributed by atoms with van der Waals surface area (Å²) < 4.78 is 17.7. The van der Waals surface area contributed by atoms with Crippen LogP contribution in [0, 0.1) is 11.8 Å². The van der Waals surface area contributed by atoms with E-state index in [0.717, 1.165) is 31.2 Å². The van der Waals surface area contributed by atoms with Crippen molar-refractivity contribution in [3.8, 4) is 5.75 Å². The first-order chi connectivity index (χ1) is 23.5. The Morgan fingerprint density at radius 2 is 1.70 bits per heavy atom. The summed E-state index contributed by atoms with van der Waals surface area (Å²) in [6.07, 6.45) is 13.3. The van der Waals surface area contributed by atoms with Crippen LogP contribution >= 0.6 is 10.3 Å². The Balaban J connectivity index is 1.93. The lowest BCUT2D eigenvalue weighted by atomic mass is 9.96. The number of carbonyl (C=O) groups is 4. The Hall–Kier alpha value is -3.09. The molecule has 2 aliphatic rings. The highest BCUT2D eigenvalue weighted by Gasteiger charge is 2.36. The molecule has 3 amide bonds. The Bertz CT molecular complexity index is 1330. The molecule has 2 bridgehead atoms. The molecule has 1 saturated heterocycles. The molecule has 2 heterocycles. The van der Waals surface area contributed by atoms with Crippen LogP contribution in [0.3, 0.4) is 0 Å². The number of nitrogens with one attached hydrogen (secondary N) is 3. The van der Waals surface area contributed by atoms with Gasteiger partial charge < -0.3 is 24.3 Å². The Labute approximate surface area is 301 Å². The number of cyclic esters (lactones) is 1. The van der Waals surface area contributed by atoms with Gasteiger partial charge in [-0.2, -0.15) is 0 Å². The summed E-state index contributed by atoms with van der Waals surface area (Å²) in [5.41, 5.74) is 3.88. The van der Waals surface area contributed by atoms with Gasteiger partial charge in [-0.15, -0.1) is 0 Å². The molecular weight excluding hydrogens is 657 g/mol. The molecule has 1 fully saturated rings. The lowest BCUT2D eigenvalue weighted by Crippen LogP contribution is -2.62. The van der Waals surface area contributed by atoms with Crippen LogP contribution in [0.15, 0.2) is 36.4 Å². The summed E-state index contributed by atoms with van der Waals surface area (Å²) >= 11 is 0. The quantitative estimate of drug-likeness (QED) is 0.269. The number of carbonyl (C=O) groups excluding carboxylic acids is 4. The van der Waals surface area contributed by atoms with E-state index in [2.05, 4.69) is 61.5 Å². The van der Waals surface area contributed by atoms with E-state index in [0.29, 0.717) is 38.2 Å². The van der Waals surface area contributed by atoms with Crippen molar-refractivity contribution in [2.24, 2.45) is 11.8 Å². The fourth-order valence-corrected chi connectivity index (χ4v) is 6.62. The van der Waals surface area contributed by atoms with E-state index in [-0.39, 0.29) is 35.0 Å². The summed E-state index contributed by atoms with van der Waals surface area (Å²) in [6.45, 7) is 12.7. The first-order valence-electron chi connectivity index (χ1n) is 18.1. The van der Waals surface area contributed by atoms with E-state index in [1.54, 1.807) is 7.11 Å². The molecule has 0 aliphatic carbocycles. The molecule has 1 aromatic carbocycles. The van der Waals surface area contributed by atoms with Gasteiger partial charge in [0.05, 0.1) is 18.6 Å². The van der Waals surface area contributed by atoms with E-state index in [1.807, 2.05) is 45.0 Å². The highest BCUT2D eigenvalue weighted by atomic mass is 32.3. The predicted octanol–water partition coefficient (Wildman–Crippen LogP) is 5.22.